The van der Waals surface area contributed by atoms with Crippen molar-refractivity contribution < 1.29 is 0 Å². The van der Waals surface area contributed by atoms with Crippen LogP contribution >= 0.6 is 0 Å². The van der Waals surface area contributed by atoms with Gasteiger partial charge < -0.3 is 25.4 Å². The molecule has 1 aliphatic heterocycles. The molecule has 3 aromatic heterocycles. The zero-order chi connectivity index (χ0) is 25.2. The minimum absolute atomic E-state index is 0.247. The summed E-state index contributed by atoms with van der Waals surface area (Å²) in [4.78, 5) is 18.9. The van der Waals surface area contributed by atoms with Crippen LogP contribution in [-0.2, 0) is 6.54 Å². The van der Waals surface area contributed by atoms with Gasteiger partial charge in [0.05, 0.1) is 12.0 Å². The first kappa shape index (κ1) is 24.1. The van der Waals surface area contributed by atoms with Gasteiger partial charge in [0, 0.05) is 57.6 Å². The van der Waals surface area contributed by atoms with Crippen molar-refractivity contribution in [2.75, 3.05) is 41.8 Å². The average molecular weight is 489 g/mol. The Hall–Kier alpha value is -3.66. The predicted octanol–water partition coefficient (Wildman–Crippen LogP) is 3.59. The summed E-state index contributed by atoms with van der Waals surface area (Å²) in [6.07, 6.45) is 5.75. The van der Waals surface area contributed by atoms with Crippen molar-refractivity contribution in [3.05, 3.63) is 48.4 Å². The van der Waals surface area contributed by atoms with Crippen molar-refractivity contribution in [2.24, 2.45) is 5.73 Å². The van der Waals surface area contributed by atoms with E-state index in [1.807, 2.05) is 36.4 Å². The summed E-state index contributed by atoms with van der Waals surface area (Å²) < 4.78 is 4.04. The van der Waals surface area contributed by atoms with Crippen LogP contribution in [0.15, 0.2) is 42.9 Å². The van der Waals surface area contributed by atoms with Gasteiger partial charge >= 0.3 is 0 Å². The molecular formula is C26H36N10. The molecular weight excluding hydrogens is 452 g/mol. The fourth-order valence-electron chi connectivity index (χ4n) is 4.52. The molecule has 0 bridgehead atoms. The minimum atomic E-state index is 0.247. The summed E-state index contributed by atoms with van der Waals surface area (Å²) in [7, 11) is 2.05. The first-order valence-corrected chi connectivity index (χ1v) is 12.8. The van der Waals surface area contributed by atoms with E-state index >= 15 is 0 Å². The Balaban J connectivity index is 1.46. The van der Waals surface area contributed by atoms with E-state index in [-0.39, 0.29) is 12.1 Å². The number of piperidine rings is 1. The van der Waals surface area contributed by atoms with Gasteiger partial charge in [0.25, 0.3) is 0 Å². The van der Waals surface area contributed by atoms with Crippen LogP contribution in [-0.4, -0.2) is 62.0 Å². The van der Waals surface area contributed by atoms with Crippen LogP contribution in [0, 0.1) is 0 Å². The van der Waals surface area contributed by atoms with Crippen molar-refractivity contribution in [1.29, 1.82) is 0 Å². The van der Waals surface area contributed by atoms with Crippen LogP contribution in [0.5, 0.6) is 0 Å². The number of fused-ring (bicyclic) bond motifs is 1. The number of para-hydroxylation sites is 1. The third kappa shape index (κ3) is 4.73. The molecule has 0 spiro atoms. The maximum Gasteiger partial charge on any atom is 0.229 e. The van der Waals surface area contributed by atoms with Crippen LogP contribution in [0.3, 0.4) is 0 Å². The summed E-state index contributed by atoms with van der Waals surface area (Å²) in [5.41, 5.74) is 9.92. The fourth-order valence-corrected chi connectivity index (χ4v) is 4.52. The Labute approximate surface area is 212 Å². The van der Waals surface area contributed by atoms with Crippen molar-refractivity contribution in [3.8, 4) is 5.69 Å². The molecule has 10 nitrogen and oxygen atoms in total. The molecule has 4 heterocycles. The van der Waals surface area contributed by atoms with Crippen LogP contribution in [0.4, 0.5) is 17.6 Å². The highest BCUT2D eigenvalue weighted by molar-refractivity contribution is 5.84. The molecule has 10 heteroatoms. The number of imidazole rings is 1. The van der Waals surface area contributed by atoms with Crippen molar-refractivity contribution in [1.82, 2.24) is 29.3 Å². The first-order valence-electron chi connectivity index (χ1n) is 12.8. The second-order valence-electron chi connectivity index (χ2n) is 9.73. The lowest BCUT2D eigenvalue weighted by atomic mass is 10.1. The summed E-state index contributed by atoms with van der Waals surface area (Å²) >= 11 is 0. The van der Waals surface area contributed by atoms with Crippen LogP contribution in [0.1, 0.15) is 45.2 Å². The first-order chi connectivity index (χ1) is 17.4. The number of nitrogens with one attached hydrogen (secondary N) is 1. The largest absolute Gasteiger partial charge is 0.364 e. The van der Waals surface area contributed by atoms with E-state index in [1.165, 1.54) is 0 Å². The summed E-state index contributed by atoms with van der Waals surface area (Å²) in [6.45, 7) is 9.60. The van der Waals surface area contributed by atoms with Crippen LogP contribution in [0.2, 0.25) is 0 Å². The highest BCUT2D eigenvalue weighted by atomic mass is 15.3. The number of benzene rings is 1. The lowest BCUT2D eigenvalue weighted by molar-refractivity contribution is 0.495. The van der Waals surface area contributed by atoms with Gasteiger partial charge in [0.2, 0.25) is 5.95 Å². The number of hydrogen-bond donors (Lipinski definition) is 2. The second-order valence-corrected chi connectivity index (χ2v) is 9.73. The van der Waals surface area contributed by atoms with Gasteiger partial charge in [0.15, 0.2) is 22.8 Å². The van der Waals surface area contributed by atoms with Crippen molar-refractivity contribution >= 4 is 28.7 Å². The van der Waals surface area contributed by atoms with E-state index in [0.717, 1.165) is 72.5 Å². The molecule has 0 saturated carbocycles. The summed E-state index contributed by atoms with van der Waals surface area (Å²) in [6, 6.07) is 10.8. The smallest absolute Gasteiger partial charge is 0.229 e. The maximum absolute atomic E-state index is 6.14. The Bertz CT molecular complexity index is 1320. The topological polar surface area (TPSA) is 106 Å². The Morgan fingerprint density at radius 3 is 2.67 bits per heavy atom. The van der Waals surface area contributed by atoms with E-state index < -0.39 is 0 Å². The number of anilines is 3. The van der Waals surface area contributed by atoms with Gasteiger partial charge in [-0.2, -0.15) is 15.1 Å². The summed E-state index contributed by atoms with van der Waals surface area (Å²) in [5.74, 6) is 2.42. The Kier molecular flexibility index (Phi) is 6.77. The molecule has 1 fully saturated rings. The molecule has 0 atom stereocenters. The lowest BCUT2D eigenvalue weighted by Gasteiger charge is -2.30. The van der Waals surface area contributed by atoms with Gasteiger partial charge in [0.1, 0.15) is 0 Å². The molecule has 1 saturated heterocycles. The van der Waals surface area contributed by atoms with E-state index in [4.69, 9.17) is 20.8 Å². The van der Waals surface area contributed by atoms with Gasteiger partial charge in [-0.25, -0.2) is 9.67 Å². The minimum Gasteiger partial charge on any atom is -0.364 e. The fraction of sp³-hybridized carbons (Fsp3) is 0.462. The van der Waals surface area contributed by atoms with Gasteiger partial charge in [-0.3, -0.25) is 0 Å². The Morgan fingerprint density at radius 2 is 1.92 bits per heavy atom. The monoisotopic (exact) mass is 488 g/mol. The zero-order valence-corrected chi connectivity index (χ0v) is 21.6. The van der Waals surface area contributed by atoms with Gasteiger partial charge in [-0.05, 0) is 45.2 Å². The van der Waals surface area contributed by atoms with E-state index in [1.54, 1.807) is 0 Å². The molecule has 36 heavy (non-hydrogen) atoms. The third-order valence-corrected chi connectivity index (χ3v) is 6.91. The molecule has 0 amide bonds. The molecule has 1 aliphatic rings. The number of aromatic nitrogens is 6. The SMILES string of the molecule is CCN(C)c1ccn(-c2ccccc2CNc2nc(N3CCC(N)CC3)nc3c2ncn3C(C)C)n1. The van der Waals surface area contributed by atoms with E-state index in [9.17, 15) is 0 Å². The number of nitrogens with zero attached hydrogens (tertiary/aromatic N) is 8. The van der Waals surface area contributed by atoms with E-state index in [2.05, 4.69) is 63.6 Å². The molecule has 3 N–H and O–H groups in total. The predicted molar refractivity (Wildman–Crippen MR) is 145 cm³/mol. The van der Waals surface area contributed by atoms with Gasteiger partial charge in [-0.15, -0.1) is 0 Å². The molecule has 0 unspecified atom stereocenters. The van der Waals surface area contributed by atoms with Gasteiger partial charge in [-0.1, -0.05) is 18.2 Å². The highest BCUT2D eigenvalue weighted by Crippen LogP contribution is 2.27. The number of hydrogen-bond acceptors (Lipinski definition) is 8. The van der Waals surface area contributed by atoms with Crippen molar-refractivity contribution in [3.63, 3.8) is 0 Å². The molecule has 5 rings (SSSR count). The normalized spacial score (nSPS) is 14.7. The van der Waals surface area contributed by atoms with Crippen LogP contribution < -0.4 is 20.9 Å². The molecule has 4 aromatic rings. The Morgan fingerprint density at radius 1 is 1.14 bits per heavy atom. The summed E-state index contributed by atoms with van der Waals surface area (Å²) in [5, 5.41) is 8.34. The van der Waals surface area contributed by atoms with E-state index in [0.29, 0.717) is 6.54 Å². The standard InChI is InChI=1S/C26H36N10/c1-5-33(4)22-12-15-36(32-22)21-9-7-6-8-19(21)16-28-24-23-25(35(17-29-23)18(2)3)31-26(30-24)34-13-10-20(27)11-14-34/h6-9,12,15,17-18,20H,5,10-11,13-14,16,27H2,1-4H3,(H,28,30,31). The van der Waals surface area contributed by atoms with Crippen molar-refractivity contribution in [2.45, 2.75) is 52.2 Å². The quantitative estimate of drug-likeness (QED) is 0.388. The number of nitrogens with two attached hydrogens (primary N) is 1. The molecule has 190 valence electrons. The third-order valence-electron chi connectivity index (χ3n) is 6.91. The average Bonchev–Trinajstić information content (AvgIpc) is 3.55. The highest BCUT2D eigenvalue weighted by Gasteiger charge is 2.22. The second kappa shape index (κ2) is 10.1. The molecule has 1 aromatic carbocycles. The number of rotatable bonds is 8. The zero-order valence-electron chi connectivity index (χ0n) is 21.6. The maximum atomic E-state index is 6.14. The molecule has 0 radical (unpaired) electrons. The molecule has 0 aliphatic carbocycles. The van der Waals surface area contributed by atoms with Crippen LogP contribution in [0.25, 0.3) is 16.9 Å². The lowest BCUT2D eigenvalue weighted by Crippen LogP contribution is -2.40.